The molecule has 0 bridgehead atoms. The first-order valence-corrected chi connectivity index (χ1v) is 9.16. The zero-order valence-electron chi connectivity index (χ0n) is 16.4. The summed E-state index contributed by atoms with van der Waals surface area (Å²) in [5, 5.41) is 38.1. The Morgan fingerprint density at radius 2 is 0.625 bits per heavy atom. The van der Waals surface area contributed by atoms with Crippen molar-refractivity contribution in [3.8, 4) is 0 Å². The fourth-order valence-corrected chi connectivity index (χ4v) is 3.02. The molecule has 0 atom stereocenters. The molecule has 0 aliphatic carbocycles. The number of carbonyl (C=O) groups is 4. The van der Waals surface area contributed by atoms with Crippen molar-refractivity contribution in [3.05, 3.63) is 95.1 Å². The number of carboxylic acid groups (broad SMARTS) is 4. The van der Waals surface area contributed by atoms with Crippen molar-refractivity contribution >= 4 is 45.4 Å². The van der Waals surface area contributed by atoms with Gasteiger partial charge >= 0.3 is 23.9 Å². The maximum atomic E-state index is 10.7. The van der Waals surface area contributed by atoms with Gasteiger partial charge < -0.3 is 20.4 Å². The van der Waals surface area contributed by atoms with Crippen molar-refractivity contribution in [1.82, 2.24) is 0 Å². The highest BCUT2D eigenvalue weighted by Crippen LogP contribution is 2.19. The molecule has 0 amide bonds. The van der Waals surface area contributed by atoms with E-state index in [1.54, 1.807) is 24.3 Å². The van der Waals surface area contributed by atoms with Crippen LogP contribution < -0.4 is 0 Å². The molecule has 4 aromatic carbocycles. The van der Waals surface area contributed by atoms with Crippen LogP contribution in [0.3, 0.4) is 0 Å². The van der Waals surface area contributed by atoms with E-state index in [0.717, 1.165) is 5.39 Å². The van der Waals surface area contributed by atoms with E-state index in [4.69, 9.17) is 20.4 Å². The van der Waals surface area contributed by atoms with Crippen LogP contribution in [0.15, 0.2) is 72.8 Å². The molecule has 0 fully saturated rings. The van der Waals surface area contributed by atoms with Gasteiger partial charge in [0.05, 0.1) is 22.3 Å². The van der Waals surface area contributed by atoms with Crippen molar-refractivity contribution in [3.63, 3.8) is 0 Å². The van der Waals surface area contributed by atoms with Gasteiger partial charge in [-0.25, -0.2) is 19.2 Å². The van der Waals surface area contributed by atoms with Crippen LogP contribution in [0.25, 0.3) is 21.5 Å². The highest BCUT2D eigenvalue weighted by atomic mass is 16.4. The minimum atomic E-state index is -1.03. The molecular formula is C24H16O8. The van der Waals surface area contributed by atoms with Crippen molar-refractivity contribution < 1.29 is 39.6 Å². The average molecular weight is 432 g/mol. The van der Waals surface area contributed by atoms with Gasteiger partial charge in [0.15, 0.2) is 0 Å². The van der Waals surface area contributed by atoms with E-state index in [1.165, 1.54) is 48.5 Å². The molecule has 0 saturated carbocycles. The Kier molecular flexibility index (Phi) is 6.16. The topological polar surface area (TPSA) is 149 Å². The summed E-state index contributed by atoms with van der Waals surface area (Å²) in [5.41, 5.74) is 0.677. The molecule has 0 aliphatic heterocycles. The van der Waals surface area contributed by atoms with Gasteiger partial charge in [-0.2, -0.15) is 0 Å². The molecule has 8 heteroatoms. The number of rotatable bonds is 4. The standard InChI is InChI=1S/2C12H8O4/c13-11(14)9-3-1-7-5-10(12(15)16)4-2-8(7)6-9;13-11(14)8-3-1-7-2-4-9(12(15)16)6-10(7)5-8/h2*1-6H,(H,13,14)(H,15,16). The summed E-state index contributed by atoms with van der Waals surface area (Å²) in [7, 11) is 0. The summed E-state index contributed by atoms with van der Waals surface area (Å²) >= 11 is 0. The van der Waals surface area contributed by atoms with Crippen LogP contribution in [-0.2, 0) is 0 Å². The average Bonchev–Trinajstić information content (AvgIpc) is 2.77. The smallest absolute Gasteiger partial charge is 0.335 e. The Labute approximate surface area is 180 Å². The van der Waals surface area contributed by atoms with Crippen molar-refractivity contribution in [2.75, 3.05) is 0 Å². The molecule has 4 rings (SSSR count). The lowest BCUT2D eigenvalue weighted by atomic mass is 10.0. The van der Waals surface area contributed by atoms with Gasteiger partial charge in [-0.15, -0.1) is 0 Å². The molecule has 0 unspecified atom stereocenters. The molecule has 4 aromatic rings. The lowest BCUT2D eigenvalue weighted by Gasteiger charge is -2.01. The Balaban J connectivity index is 0.000000181. The summed E-state index contributed by atoms with van der Waals surface area (Å²) in [6, 6.07) is 18.4. The second kappa shape index (κ2) is 8.97. The first-order chi connectivity index (χ1) is 15.2. The summed E-state index contributed by atoms with van der Waals surface area (Å²) in [6.07, 6.45) is 0. The molecule has 0 spiro atoms. The lowest BCUT2D eigenvalue weighted by Crippen LogP contribution is -1.97. The van der Waals surface area contributed by atoms with Crippen LogP contribution in [0.5, 0.6) is 0 Å². The second-order valence-electron chi connectivity index (χ2n) is 6.77. The first kappa shape index (κ1) is 22.0. The molecule has 0 radical (unpaired) electrons. The predicted octanol–water partition coefficient (Wildman–Crippen LogP) is 4.47. The van der Waals surface area contributed by atoms with Gasteiger partial charge in [-0.3, -0.25) is 0 Å². The third kappa shape index (κ3) is 4.88. The summed E-state index contributed by atoms with van der Waals surface area (Å²) in [5.74, 6) is -4.04. The van der Waals surface area contributed by atoms with E-state index in [2.05, 4.69) is 0 Å². The largest absolute Gasteiger partial charge is 0.478 e. The molecule has 0 heterocycles. The van der Waals surface area contributed by atoms with Gasteiger partial charge in [-0.1, -0.05) is 24.3 Å². The van der Waals surface area contributed by atoms with E-state index >= 15 is 0 Å². The van der Waals surface area contributed by atoms with Crippen LogP contribution in [-0.4, -0.2) is 44.3 Å². The highest BCUT2D eigenvalue weighted by Gasteiger charge is 2.08. The van der Waals surface area contributed by atoms with E-state index in [0.29, 0.717) is 16.2 Å². The zero-order chi connectivity index (χ0) is 23.4. The Morgan fingerprint density at radius 3 is 0.906 bits per heavy atom. The molecular weight excluding hydrogens is 416 g/mol. The fourth-order valence-electron chi connectivity index (χ4n) is 3.02. The second-order valence-corrected chi connectivity index (χ2v) is 6.77. The SMILES string of the molecule is O=C(O)c1ccc2cc(C(=O)O)ccc2c1.O=C(O)c1ccc2ccc(C(=O)O)cc2c1. The van der Waals surface area contributed by atoms with Gasteiger partial charge in [0.25, 0.3) is 0 Å². The van der Waals surface area contributed by atoms with Crippen LogP contribution in [0.4, 0.5) is 0 Å². The maximum absolute atomic E-state index is 10.7. The van der Waals surface area contributed by atoms with Gasteiger partial charge in [0.1, 0.15) is 0 Å². The molecule has 0 aromatic heterocycles. The highest BCUT2D eigenvalue weighted by molar-refractivity contribution is 5.99. The molecule has 160 valence electrons. The minimum Gasteiger partial charge on any atom is -0.478 e. The molecule has 8 nitrogen and oxygen atoms in total. The number of benzene rings is 4. The van der Waals surface area contributed by atoms with Crippen LogP contribution in [0.2, 0.25) is 0 Å². The van der Waals surface area contributed by atoms with E-state index < -0.39 is 23.9 Å². The van der Waals surface area contributed by atoms with Gasteiger partial charge in [0, 0.05) is 0 Å². The Morgan fingerprint density at radius 1 is 0.375 bits per heavy atom. The van der Waals surface area contributed by atoms with Crippen molar-refractivity contribution in [2.45, 2.75) is 0 Å². The van der Waals surface area contributed by atoms with Crippen molar-refractivity contribution in [2.24, 2.45) is 0 Å². The normalized spacial score (nSPS) is 10.2. The summed E-state index contributed by atoms with van der Waals surface area (Å²) in [6.45, 7) is 0. The summed E-state index contributed by atoms with van der Waals surface area (Å²) < 4.78 is 0. The first-order valence-electron chi connectivity index (χ1n) is 9.16. The molecule has 32 heavy (non-hydrogen) atoms. The van der Waals surface area contributed by atoms with Crippen LogP contribution >= 0.6 is 0 Å². The number of carboxylic acids is 4. The zero-order valence-corrected chi connectivity index (χ0v) is 16.4. The van der Waals surface area contributed by atoms with E-state index in [1.807, 2.05) is 0 Å². The molecule has 4 N–H and O–H groups in total. The molecule has 0 saturated heterocycles. The quantitative estimate of drug-likeness (QED) is 0.369. The van der Waals surface area contributed by atoms with Crippen LogP contribution in [0.1, 0.15) is 41.4 Å². The third-order valence-electron chi connectivity index (χ3n) is 4.67. The number of hydrogen-bond acceptors (Lipinski definition) is 4. The third-order valence-corrected chi connectivity index (χ3v) is 4.67. The van der Waals surface area contributed by atoms with Crippen LogP contribution in [0, 0.1) is 0 Å². The van der Waals surface area contributed by atoms with Gasteiger partial charge in [0.2, 0.25) is 0 Å². The Bertz CT molecular complexity index is 1290. The maximum Gasteiger partial charge on any atom is 0.335 e. The van der Waals surface area contributed by atoms with Gasteiger partial charge in [-0.05, 0) is 70.1 Å². The van der Waals surface area contributed by atoms with E-state index in [9.17, 15) is 19.2 Å². The fraction of sp³-hybridized carbons (Fsp3) is 0. The number of aromatic carboxylic acids is 4. The summed E-state index contributed by atoms with van der Waals surface area (Å²) in [4.78, 5) is 42.9. The minimum absolute atomic E-state index is 0.148. The number of fused-ring (bicyclic) bond motifs is 2. The predicted molar refractivity (Wildman–Crippen MR) is 116 cm³/mol. The molecule has 0 aliphatic rings. The number of hydrogen-bond donors (Lipinski definition) is 4. The lowest BCUT2D eigenvalue weighted by molar-refractivity contribution is 0.0686. The monoisotopic (exact) mass is 432 g/mol. The Hall–Kier alpha value is -4.72. The van der Waals surface area contributed by atoms with E-state index in [-0.39, 0.29) is 22.3 Å². The van der Waals surface area contributed by atoms with Crippen molar-refractivity contribution in [1.29, 1.82) is 0 Å².